The molecule has 0 amide bonds. The van der Waals surface area contributed by atoms with Crippen LogP contribution in [0.3, 0.4) is 0 Å². The van der Waals surface area contributed by atoms with E-state index in [4.69, 9.17) is 4.42 Å². The zero-order chi connectivity index (χ0) is 54.2. The number of nitrogens with zero attached hydrogens (tertiary/aromatic N) is 1. The molecule has 3 aliphatic carbocycles. The van der Waals surface area contributed by atoms with Gasteiger partial charge >= 0.3 is 0 Å². The Morgan fingerprint density at radius 3 is 1.18 bits per heavy atom. The van der Waals surface area contributed by atoms with Crippen molar-refractivity contribution in [2.24, 2.45) is 0 Å². The lowest BCUT2D eigenvalue weighted by molar-refractivity contribution is 0.616. The maximum Gasteiger partial charge on any atom is 0.133 e. The Balaban J connectivity index is 0.828. The summed E-state index contributed by atoms with van der Waals surface area (Å²) in [6, 6.07) is 109. The summed E-state index contributed by atoms with van der Waals surface area (Å²) in [5.41, 5.74) is 29.1. The summed E-state index contributed by atoms with van der Waals surface area (Å²) in [6.45, 7) is 0. The lowest BCUT2D eigenvalue weighted by Crippen LogP contribution is -2.28. The molecule has 0 aliphatic heterocycles. The molecule has 16 rings (SSSR count). The summed E-state index contributed by atoms with van der Waals surface area (Å²) in [7, 11) is 0. The van der Waals surface area contributed by atoms with Gasteiger partial charge in [-0.2, -0.15) is 0 Å². The highest BCUT2D eigenvalue weighted by atomic mass is 16.3. The molecule has 0 saturated carbocycles. The van der Waals surface area contributed by atoms with Gasteiger partial charge in [0.15, 0.2) is 0 Å². The molecule has 2 heteroatoms. The number of rotatable bonds is 10. The Labute approximate surface area is 479 Å². The van der Waals surface area contributed by atoms with Crippen LogP contribution < -0.4 is 4.90 Å². The monoisotopic (exact) mass is 1050 g/mol. The van der Waals surface area contributed by atoms with Gasteiger partial charge in [-0.25, -0.2) is 0 Å². The predicted molar refractivity (Wildman–Crippen MR) is 338 cm³/mol. The van der Waals surface area contributed by atoms with Gasteiger partial charge in [0.1, 0.15) is 5.58 Å². The number of hydrogen-bond donors (Lipinski definition) is 0. The van der Waals surface area contributed by atoms with Crippen LogP contribution in [0.4, 0.5) is 17.1 Å². The first-order valence-electron chi connectivity index (χ1n) is 29.0. The summed E-state index contributed by atoms with van der Waals surface area (Å²) in [5, 5.41) is 1.13. The highest BCUT2D eigenvalue weighted by Gasteiger charge is 2.47. The summed E-state index contributed by atoms with van der Waals surface area (Å²) >= 11 is 0. The number of fused-ring (bicyclic) bond motifs is 8. The molecule has 0 saturated heterocycles. The van der Waals surface area contributed by atoms with Crippen LogP contribution in [-0.4, -0.2) is 0 Å². The van der Waals surface area contributed by atoms with Crippen LogP contribution in [0.2, 0.25) is 0 Å². The van der Waals surface area contributed by atoms with E-state index in [1.165, 1.54) is 123 Å². The predicted octanol–water partition coefficient (Wildman–Crippen LogP) is 20.5. The molecule has 82 heavy (non-hydrogen) atoms. The third-order valence-corrected chi connectivity index (χ3v) is 18.3. The van der Waals surface area contributed by atoms with Crippen LogP contribution in [-0.2, 0) is 23.7 Å². The maximum absolute atomic E-state index is 5.79. The second-order valence-corrected chi connectivity index (χ2v) is 22.5. The van der Waals surface area contributed by atoms with Crippen molar-refractivity contribution in [2.75, 3.05) is 4.90 Å². The molecule has 1 aromatic heterocycles. The molecule has 0 unspecified atom stereocenters. The molecule has 12 aromatic carbocycles. The fourth-order valence-corrected chi connectivity index (χ4v) is 14.7. The van der Waals surface area contributed by atoms with Crippen LogP contribution in [0.25, 0.3) is 66.6 Å². The standard InChI is InChI=1S/C80H57NO/c1-5-19-60(20-6-1)79(61-21-7-2-8-22-61)73-31-17-15-28-68(73)70-44-37-56(52-75(70)79)54-33-40-64(41-34-54)81(77-47-46-66(67-27-13-14-30-72(67)77)58-39-48-78-59(51-58)49-50-82-78)65-42-35-55(36-43-65)57-38-45-71-69-29-16-18-32-74(69)80(76(71)53-57,62-23-9-3-10-24-62)63-25-11-4-12-26-63/h1-12,15-26,28-29,31-53H,13-14,27,30H2. The van der Waals surface area contributed by atoms with Crippen LogP contribution in [0.1, 0.15) is 68.5 Å². The lowest BCUT2D eigenvalue weighted by atomic mass is 9.67. The first kappa shape index (κ1) is 47.9. The first-order chi connectivity index (χ1) is 40.7. The lowest BCUT2D eigenvalue weighted by Gasteiger charge is -2.34. The smallest absolute Gasteiger partial charge is 0.133 e. The van der Waals surface area contributed by atoms with E-state index in [1.807, 2.05) is 0 Å². The molecule has 3 aliphatic rings. The van der Waals surface area contributed by atoms with Gasteiger partial charge < -0.3 is 9.32 Å². The average Bonchev–Trinajstić information content (AvgIpc) is 4.38. The van der Waals surface area contributed by atoms with Crippen molar-refractivity contribution in [1.82, 2.24) is 0 Å². The van der Waals surface area contributed by atoms with Crippen molar-refractivity contribution >= 4 is 28.0 Å². The van der Waals surface area contributed by atoms with Crippen molar-refractivity contribution in [1.29, 1.82) is 0 Å². The van der Waals surface area contributed by atoms with E-state index in [-0.39, 0.29) is 0 Å². The second kappa shape index (κ2) is 19.4. The third-order valence-electron chi connectivity index (χ3n) is 18.3. The molecule has 0 bridgehead atoms. The zero-order valence-corrected chi connectivity index (χ0v) is 45.5. The molecular formula is C80H57NO. The quantitative estimate of drug-likeness (QED) is 0.136. The molecule has 0 radical (unpaired) electrons. The topological polar surface area (TPSA) is 16.4 Å². The van der Waals surface area contributed by atoms with Crippen molar-refractivity contribution in [2.45, 2.75) is 36.5 Å². The van der Waals surface area contributed by atoms with Gasteiger partial charge in [0.05, 0.1) is 17.1 Å². The van der Waals surface area contributed by atoms with Gasteiger partial charge in [-0.3, -0.25) is 0 Å². The first-order valence-corrected chi connectivity index (χ1v) is 29.0. The fraction of sp³-hybridized carbons (Fsp3) is 0.0750. The average molecular weight is 1050 g/mol. The van der Waals surface area contributed by atoms with Crippen molar-refractivity contribution < 1.29 is 4.42 Å². The molecule has 2 nitrogen and oxygen atoms in total. The van der Waals surface area contributed by atoms with Crippen LogP contribution in [0.15, 0.2) is 302 Å². The highest BCUT2D eigenvalue weighted by molar-refractivity contribution is 5.92. The molecule has 13 aromatic rings. The number of furan rings is 1. The minimum absolute atomic E-state index is 0.472. The molecule has 0 atom stereocenters. The van der Waals surface area contributed by atoms with E-state index >= 15 is 0 Å². The minimum atomic E-state index is -0.472. The van der Waals surface area contributed by atoms with Crippen LogP contribution in [0, 0.1) is 0 Å². The van der Waals surface area contributed by atoms with Gasteiger partial charge in [-0.1, -0.05) is 231 Å². The van der Waals surface area contributed by atoms with E-state index in [0.717, 1.165) is 41.6 Å². The van der Waals surface area contributed by atoms with E-state index in [0.29, 0.717) is 0 Å². The van der Waals surface area contributed by atoms with Crippen molar-refractivity contribution in [3.05, 3.63) is 353 Å². The Hall–Kier alpha value is -10.0. The number of benzene rings is 12. The molecule has 0 spiro atoms. The molecule has 1 heterocycles. The largest absolute Gasteiger partial charge is 0.464 e. The Morgan fingerprint density at radius 1 is 0.293 bits per heavy atom. The van der Waals surface area contributed by atoms with Crippen molar-refractivity contribution in [3.63, 3.8) is 0 Å². The Morgan fingerprint density at radius 2 is 0.695 bits per heavy atom. The van der Waals surface area contributed by atoms with E-state index in [2.05, 4.69) is 296 Å². The summed E-state index contributed by atoms with van der Waals surface area (Å²) in [4.78, 5) is 2.52. The van der Waals surface area contributed by atoms with Gasteiger partial charge in [-0.15, -0.1) is 0 Å². The Bertz CT molecular complexity index is 4230. The van der Waals surface area contributed by atoms with E-state index in [1.54, 1.807) is 6.26 Å². The van der Waals surface area contributed by atoms with Gasteiger partial charge in [0, 0.05) is 22.4 Å². The fourth-order valence-electron chi connectivity index (χ4n) is 14.7. The summed E-state index contributed by atoms with van der Waals surface area (Å²) < 4.78 is 5.79. The summed E-state index contributed by atoms with van der Waals surface area (Å²) in [6.07, 6.45) is 6.17. The number of anilines is 3. The second-order valence-electron chi connectivity index (χ2n) is 22.5. The van der Waals surface area contributed by atoms with Gasteiger partial charge in [0.25, 0.3) is 0 Å². The van der Waals surface area contributed by atoms with E-state index < -0.39 is 10.8 Å². The number of hydrogen-bond acceptors (Lipinski definition) is 2. The van der Waals surface area contributed by atoms with Gasteiger partial charge in [-0.05, 0) is 198 Å². The maximum atomic E-state index is 5.79. The molecule has 388 valence electrons. The van der Waals surface area contributed by atoms with Gasteiger partial charge in [0.2, 0.25) is 0 Å². The molecule has 0 N–H and O–H groups in total. The Kier molecular flexibility index (Phi) is 11.3. The normalized spacial score (nSPS) is 14.1. The third kappa shape index (κ3) is 7.34. The van der Waals surface area contributed by atoms with Crippen LogP contribution >= 0.6 is 0 Å². The van der Waals surface area contributed by atoms with Crippen LogP contribution in [0.5, 0.6) is 0 Å². The molecular weight excluding hydrogens is 991 g/mol. The van der Waals surface area contributed by atoms with Crippen molar-refractivity contribution in [3.8, 4) is 55.6 Å². The van der Waals surface area contributed by atoms with E-state index in [9.17, 15) is 0 Å². The minimum Gasteiger partial charge on any atom is -0.464 e. The molecule has 0 fully saturated rings. The highest BCUT2D eigenvalue weighted by Crippen LogP contribution is 2.59. The SMILES string of the molecule is c1ccc(C2(c3ccccc3)c3ccccc3-c3ccc(-c4ccc(N(c5ccc(-c6ccc7c(c6)C(c6ccccc6)(c6ccccc6)c6ccccc6-7)cc5)c5ccc(-c6ccc7occc7c6)c6c5CCCC6)cc4)cc32)cc1. The summed E-state index contributed by atoms with van der Waals surface area (Å²) in [5.74, 6) is 0. The zero-order valence-electron chi connectivity index (χ0n) is 45.5.